The molecule has 10 atom stereocenters. The van der Waals surface area contributed by atoms with E-state index in [9.17, 15) is 29.8 Å². The average Bonchev–Trinajstić information content (AvgIpc) is 3.25. The first kappa shape index (κ1) is 39.2. The number of amides is 2. The van der Waals surface area contributed by atoms with Crippen LogP contribution in [-0.2, 0) is 49.4 Å². The van der Waals surface area contributed by atoms with Gasteiger partial charge in [-0.05, 0) is 50.3 Å². The Morgan fingerprint density at radius 1 is 1.07 bits per heavy atom. The van der Waals surface area contributed by atoms with Gasteiger partial charge in [0.25, 0.3) is 0 Å². The molecule has 17 heteroatoms. The van der Waals surface area contributed by atoms with Gasteiger partial charge in [-0.1, -0.05) is 12.2 Å². The number of carbonyl (C=O) groups excluding carboxylic acids is 2. The molecule has 0 aromatic rings. The van der Waals surface area contributed by atoms with Crippen LogP contribution in [0.4, 0.5) is 0 Å². The summed E-state index contributed by atoms with van der Waals surface area (Å²) >= 11 is 5.01. The van der Waals surface area contributed by atoms with Gasteiger partial charge in [-0.25, -0.2) is 0 Å². The highest BCUT2D eigenvalue weighted by Crippen LogP contribution is 2.48. The van der Waals surface area contributed by atoms with Gasteiger partial charge < -0.3 is 58.8 Å². The summed E-state index contributed by atoms with van der Waals surface area (Å²) in [6.07, 6.45) is 2.62. The number of methoxy groups -OCH3 is 1. The molecule has 0 saturated carbocycles. The standard InChI is InChI=1S/C27H48BN2O12PS/c1-17(32)30-22-24(35)23(34)19(15-31)41-27(22)39-14-10-8-12-21(33)29-13-9-6-4-5-7-11-18-25(42-43(36,44)38-3)20(16-37-2)40-26(18)28/h5,7,18-20,22-27,31,34-35H,4,6,8-16H2,1-3H3,(H,29,33)(H,30,32)(H,36,44)/b7-5+/t18-,19+,20+,22+,23-,24+,25?,26+,27+,43?/m0/s1. The van der Waals surface area contributed by atoms with Crippen LogP contribution in [0, 0.1) is 5.92 Å². The number of allylic oxidation sites excluding steroid dienone is 2. The lowest BCUT2D eigenvalue weighted by atomic mass is 9.82. The second-order valence-corrected chi connectivity index (χ2v) is 13.7. The van der Waals surface area contributed by atoms with Crippen LogP contribution >= 0.6 is 6.72 Å². The normalized spacial score (nSPS) is 32.0. The predicted octanol–water partition coefficient (Wildman–Crippen LogP) is -0.246. The van der Waals surface area contributed by atoms with Crippen molar-refractivity contribution < 1.29 is 57.8 Å². The van der Waals surface area contributed by atoms with E-state index in [0.717, 1.165) is 19.3 Å². The molecule has 0 aromatic carbocycles. The van der Waals surface area contributed by atoms with Gasteiger partial charge in [-0.3, -0.25) is 9.59 Å². The number of ether oxygens (including phenoxy) is 4. The lowest BCUT2D eigenvalue weighted by Gasteiger charge is -2.42. The zero-order chi connectivity index (χ0) is 32.7. The van der Waals surface area contributed by atoms with E-state index in [1.807, 2.05) is 12.2 Å². The molecular formula is C27H48BN2O12PS. The molecule has 6 N–H and O–H groups in total. The van der Waals surface area contributed by atoms with Crippen LogP contribution in [-0.4, -0.2) is 129 Å². The van der Waals surface area contributed by atoms with E-state index in [0.29, 0.717) is 32.2 Å². The van der Waals surface area contributed by atoms with Crippen molar-refractivity contribution in [2.45, 2.75) is 101 Å². The number of aliphatic hydroxyl groups excluding tert-OH is 3. The maximum absolute atomic E-state index is 12.2. The highest BCUT2D eigenvalue weighted by atomic mass is 32.5. The number of aliphatic hydroxyl groups is 3. The zero-order valence-electron chi connectivity index (χ0n) is 25.6. The summed E-state index contributed by atoms with van der Waals surface area (Å²) in [6.45, 7) is -1.66. The Kier molecular flexibility index (Phi) is 18.1. The van der Waals surface area contributed by atoms with Gasteiger partial charge in [0.15, 0.2) is 6.29 Å². The van der Waals surface area contributed by atoms with Crippen LogP contribution in [0.5, 0.6) is 0 Å². The van der Waals surface area contributed by atoms with E-state index in [4.69, 9.17) is 47.6 Å². The minimum Gasteiger partial charge on any atom is -0.394 e. The van der Waals surface area contributed by atoms with Crippen LogP contribution in [0.15, 0.2) is 12.2 Å². The molecule has 2 unspecified atom stereocenters. The molecule has 2 amide bonds. The summed E-state index contributed by atoms with van der Waals surface area (Å²) in [4.78, 5) is 33.8. The average molecular weight is 667 g/mol. The molecule has 0 aliphatic carbocycles. The minimum atomic E-state index is -3.41. The fourth-order valence-electron chi connectivity index (χ4n) is 5.03. The fourth-order valence-corrected chi connectivity index (χ4v) is 6.01. The molecule has 0 bridgehead atoms. The fraction of sp³-hybridized carbons (Fsp3) is 0.852. The van der Waals surface area contributed by atoms with Crippen LogP contribution < -0.4 is 10.6 Å². The summed E-state index contributed by atoms with van der Waals surface area (Å²) in [7, 11) is 8.99. The third kappa shape index (κ3) is 13.0. The van der Waals surface area contributed by atoms with Gasteiger partial charge in [0, 0.05) is 52.6 Å². The van der Waals surface area contributed by atoms with Crippen LogP contribution in [0.2, 0.25) is 0 Å². The van der Waals surface area contributed by atoms with E-state index in [1.54, 1.807) is 7.11 Å². The zero-order valence-corrected chi connectivity index (χ0v) is 27.3. The smallest absolute Gasteiger partial charge is 0.324 e. The van der Waals surface area contributed by atoms with Crippen molar-refractivity contribution in [2.24, 2.45) is 5.92 Å². The Morgan fingerprint density at radius 3 is 2.48 bits per heavy atom. The first-order valence-electron chi connectivity index (χ1n) is 14.8. The van der Waals surface area contributed by atoms with Crippen LogP contribution in [0.1, 0.15) is 51.9 Å². The molecule has 2 fully saturated rings. The third-order valence-corrected chi connectivity index (χ3v) is 9.06. The van der Waals surface area contributed by atoms with Gasteiger partial charge in [0.1, 0.15) is 44.4 Å². The summed E-state index contributed by atoms with van der Waals surface area (Å²) in [5, 5.41) is 35.1. The molecular weight excluding hydrogens is 618 g/mol. The highest BCUT2D eigenvalue weighted by Gasteiger charge is 2.46. The highest BCUT2D eigenvalue weighted by molar-refractivity contribution is 8.07. The van der Waals surface area contributed by atoms with Crippen molar-refractivity contribution in [2.75, 3.05) is 40.6 Å². The molecule has 14 nitrogen and oxygen atoms in total. The largest absolute Gasteiger partial charge is 0.394 e. The Bertz CT molecular complexity index is 953. The Morgan fingerprint density at radius 2 is 1.82 bits per heavy atom. The molecule has 2 aliphatic rings. The Balaban J connectivity index is 1.61. The third-order valence-electron chi connectivity index (χ3n) is 7.38. The minimum absolute atomic E-state index is 0.0723. The molecule has 0 spiro atoms. The van der Waals surface area contributed by atoms with E-state index in [2.05, 4.69) is 10.6 Å². The lowest BCUT2D eigenvalue weighted by Crippen LogP contribution is -2.64. The van der Waals surface area contributed by atoms with Crippen LogP contribution in [0.3, 0.4) is 0 Å². The number of nitrogens with one attached hydrogen (secondary N) is 2. The SMILES string of the molecule is [B][C@@H]1O[C@H](COC)C(OP(O)(=S)OC)[C@@H]1C/C=C/CCCCNC(=O)CCCCO[C@@H]1O[C@H](CO)[C@H](O)[C@H](O)[C@H]1NC(C)=O. The summed E-state index contributed by atoms with van der Waals surface area (Å²) < 4.78 is 32.7. The van der Waals surface area contributed by atoms with Gasteiger partial charge in [-0.15, -0.1) is 0 Å². The summed E-state index contributed by atoms with van der Waals surface area (Å²) in [5.74, 6) is -0.729. The summed E-state index contributed by atoms with van der Waals surface area (Å²) in [5.41, 5.74) is 0. The second kappa shape index (κ2) is 20.3. The van der Waals surface area contributed by atoms with Gasteiger partial charge in [-0.2, -0.15) is 0 Å². The predicted molar refractivity (Wildman–Crippen MR) is 164 cm³/mol. The van der Waals surface area contributed by atoms with Crippen molar-refractivity contribution >= 4 is 38.2 Å². The number of carbonyl (C=O) groups is 2. The van der Waals surface area contributed by atoms with Crippen molar-refractivity contribution in [1.29, 1.82) is 0 Å². The molecule has 2 heterocycles. The van der Waals surface area contributed by atoms with E-state index in [-0.39, 0.29) is 25.0 Å². The van der Waals surface area contributed by atoms with E-state index < -0.39 is 68.1 Å². The quantitative estimate of drug-likeness (QED) is 0.0432. The molecule has 2 rings (SSSR count). The summed E-state index contributed by atoms with van der Waals surface area (Å²) in [6, 6.07) is -1.59. The Labute approximate surface area is 265 Å². The number of rotatable bonds is 20. The van der Waals surface area contributed by atoms with Crippen molar-refractivity contribution in [1.82, 2.24) is 10.6 Å². The number of hydrogen-bond donors (Lipinski definition) is 6. The monoisotopic (exact) mass is 666 g/mol. The van der Waals surface area contributed by atoms with Crippen molar-refractivity contribution in [3.8, 4) is 0 Å². The number of unbranched alkanes of at least 4 members (excludes halogenated alkanes) is 3. The first-order valence-corrected chi connectivity index (χ1v) is 17.4. The Hall–Kier alpha value is -1.01. The maximum Gasteiger partial charge on any atom is 0.324 e. The number of hydrogen-bond acceptors (Lipinski definition) is 12. The first-order chi connectivity index (χ1) is 20.9. The van der Waals surface area contributed by atoms with E-state index in [1.165, 1.54) is 14.0 Å². The molecule has 2 saturated heterocycles. The topological polar surface area (TPSA) is 194 Å². The molecule has 2 aliphatic heterocycles. The van der Waals surface area contributed by atoms with Gasteiger partial charge in [0.05, 0.1) is 13.2 Å². The maximum atomic E-state index is 12.2. The van der Waals surface area contributed by atoms with Crippen molar-refractivity contribution in [3.05, 3.63) is 12.2 Å². The van der Waals surface area contributed by atoms with Crippen molar-refractivity contribution in [3.63, 3.8) is 0 Å². The van der Waals surface area contributed by atoms with E-state index >= 15 is 0 Å². The molecule has 0 aromatic heterocycles. The molecule has 252 valence electrons. The van der Waals surface area contributed by atoms with Gasteiger partial charge >= 0.3 is 6.72 Å². The van der Waals surface area contributed by atoms with Crippen LogP contribution in [0.25, 0.3) is 0 Å². The second-order valence-electron chi connectivity index (χ2n) is 10.8. The molecule has 2 radical (unpaired) electrons. The van der Waals surface area contributed by atoms with Gasteiger partial charge in [0.2, 0.25) is 11.8 Å². The lowest BCUT2D eigenvalue weighted by molar-refractivity contribution is -0.270. The molecule has 44 heavy (non-hydrogen) atoms.